The average molecular weight is 406 g/mol. The maximum absolute atomic E-state index is 12.8. The Bertz CT molecular complexity index is 1050. The number of aromatic nitrogens is 1. The smallest absolute Gasteiger partial charge is 0.168 e. The largest absolute Gasteiger partial charge is 0.511 e. The molecule has 1 atom stereocenters. The summed E-state index contributed by atoms with van der Waals surface area (Å²) in [5.74, 6) is 0.475. The molecule has 6 heteroatoms. The lowest BCUT2D eigenvalue weighted by Gasteiger charge is -2.29. The molecule has 0 amide bonds. The molecule has 1 aromatic heterocycles. The van der Waals surface area contributed by atoms with Crippen LogP contribution < -0.4 is 0 Å². The monoisotopic (exact) mass is 406 g/mol. The number of nitrogens with zero attached hydrogens (tertiary/aromatic N) is 1. The molecule has 0 fully saturated rings. The Hall–Kier alpha value is -3.02. The van der Waals surface area contributed by atoms with Crippen LogP contribution >= 0.6 is 0 Å². The number of aliphatic hydroxyl groups excluding tert-OH is 1. The maximum atomic E-state index is 12.8. The predicted octanol–water partition coefficient (Wildman–Crippen LogP) is 4.74. The maximum Gasteiger partial charge on any atom is 0.168 e. The Morgan fingerprint density at radius 3 is 2.60 bits per heavy atom. The van der Waals surface area contributed by atoms with Crippen LogP contribution in [0.2, 0.25) is 0 Å². The number of aliphatic hydroxyl groups is 1. The van der Waals surface area contributed by atoms with Crippen LogP contribution in [0.4, 0.5) is 0 Å². The topological polar surface area (TPSA) is 104 Å². The number of aryl methyl sites for hydroxylation is 1. The summed E-state index contributed by atoms with van der Waals surface area (Å²) in [5, 5.41) is 22.7. The van der Waals surface area contributed by atoms with Crippen molar-refractivity contribution in [3.05, 3.63) is 64.2 Å². The van der Waals surface area contributed by atoms with E-state index in [0.717, 1.165) is 5.56 Å². The number of Topliss-reactive ketones (excluding diaryl/α,β-unsaturated/α-hetero) is 2. The van der Waals surface area contributed by atoms with Crippen LogP contribution in [0.1, 0.15) is 72.8 Å². The third kappa shape index (κ3) is 3.86. The van der Waals surface area contributed by atoms with E-state index < -0.39 is 0 Å². The predicted molar refractivity (Wildman–Crippen MR) is 112 cm³/mol. The highest BCUT2D eigenvalue weighted by Crippen LogP contribution is 2.37. The third-order valence-corrected chi connectivity index (χ3v) is 6.01. The van der Waals surface area contributed by atoms with E-state index in [-0.39, 0.29) is 46.4 Å². The first-order valence-corrected chi connectivity index (χ1v) is 10.3. The zero-order valence-electron chi connectivity index (χ0n) is 17.3. The number of allylic oxidation sites excluding steroid dienone is 2. The normalized spacial score (nSPS) is 20.9. The summed E-state index contributed by atoms with van der Waals surface area (Å²) in [5.41, 5.74) is 2.10. The van der Waals surface area contributed by atoms with E-state index in [1.807, 2.05) is 44.2 Å². The lowest BCUT2D eigenvalue weighted by Crippen LogP contribution is -2.29. The molecule has 4 rings (SSSR count). The molecule has 0 bridgehead atoms. The summed E-state index contributed by atoms with van der Waals surface area (Å²) in [6.07, 6.45) is 2.27. The number of benzene rings is 1. The van der Waals surface area contributed by atoms with Crippen LogP contribution in [0.5, 0.6) is 0 Å². The Balaban J connectivity index is 1.48. The molecule has 0 radical (unpaired) electrons. The number of fused-ring (bicyclic) bond motifs is 1. The van der Waals surface area contributed by atoms with E-state index in [2.05, 4.69) is 5.16 Å². The minimum atomic E-state index is -0.294. The lowest BCUT2D eigenvalue weighted by molar-refractivity contribution is -0.118. The van der Waals surface area contributed by atoms with Gasteiger partial charge in [-0.25, -0.2) is 0 Å². The standard InChI is InChI=1S/C24H26N2O4/c1-24(2)12-19(28)22(20(29)13-24)16(25)8-9-17-23-18(27)10-15(11-21(23)30-26-17)14-6-4-3-5-7-14/h3-7,15,25,28H,8-13H2,1-2H3. The Labute approximate surface area is 175 Å². The van der Waals surface area contributed by atoms with Crippen molar-refractivity contribution in [3.8, 4) is 0 Å². The number of hydrogen-bond donors (Lipinski definition) is 2. The second-order valence-corrected chi connectivity index (χ2v) is 9.11. The number of carbonyl (C=O) groups excluding carboxylic acids is 2. The molecule has 2 aromatic rings. The van der Waals surface area contributed by atoms with Gasteiger partial charge in [0.2, 0.25) is 0 Å². The van der Waals surface area contributed by atoms with Gasteiger partial charge in [-0.05, 0) is 29.7 Å². The molecule has 2 N–H and O–H groups in total. The fraction of sp³-hybridized carbons (Fsp3) is 0.417. The van der Waals surface area contributed by atoms with Crippen molar-refractivity contribution < 1.29 is 19.2 Å². The van der Waals surface area contributed by atoms with Gasteiger partial charge < -0.3 is 15.0 Å². The molecule has 6 nitrogen and oxygen atoms in total. The van der Waals surface area contributed by atoms with E-state index in [4.69, 9.17) is 9.93 Å². The third-order valence-electron chi connectivity index (χ3n) is 6.01. The molecule has 0 aliphatic heterocycles. The van der Waals surface area contributed by atoms with E-state index >= 15 is 0 Å². The second-order valence-electron chi connectivity index (χ2n) is 9.11. The highest BCUT2D eigenvalue weighted by Gasteiger charge is 2.35. The van der Waals surface area contributed by atoms with Gasteiger partial charge in [-0.3, -0.25) is 9.59 Å². The Morgan fingerprint density at radius 1 is 1.17 bits per heavy atom. The van der Waals surface area contributed by atoms with Crippen molar-refractivity contribution in [1.82, 2.24) is 5.16 Å². The number of ketones is 2. The van der Waals surface area contributed by atoms with Gasteiger partial charge in [0, 0.05) is 31.4 Å². The molecule has 2 aliphatic rings. The molecular formula is C24H26N2O4. The molecule has 1 unspecified atom stereocenters. The van der Waals surface area contributed by atoms with Crippen LogP contribution in [0, 0.1) is 10.8 Å². The summed E-state index contributed by atoms with van der Waals surface area (Å²) >= 11 is 0. The van der Waals surface area contributed by atoms with Crippen molar-refractivity contribution in [2.75, 3.05) is 0 Å². The SMILES string of the molecule is CC1(C)CC(=O)C(C(=N)CCc2noc3c2C(=O)CC(c2ccccc2)C3)=C(O)C1. The van der Waals surface area contributed by atoms with Crippen molar-refractivity contribution in [1.29, 1.82) is 5.41 Å². The zero-order chi connectivity index (χ0) is 21.5. The van der Waals surface area contributed by atoms with Crippen molar-refractivity contribution in [2.24, 2.45) is 5.41 Å². The lowest BCUT2D eigenvalue weighted by atomic mass is 9.75. The van der Waals surface area contributed by atoms with Crippen LogP contribution in [0.3, 0.4) is 0 Å². The first kappa shape index (κ1) is 20.3. The fourth-order valence-electron chi connectivity index (χ4n) is 4.57. The molecular weight excluding hydrogens is 380 g/mol. The van der Waals surface area contributed by atoms with Crippen LogP contribution in [-0.4, -0.2) is 27.5 Å². The molecule has 30 heavy (non-hydrogen) atoms. The first-order valence-electron chi connectivity index (χ1n) is 10.3. The fourth-order valence-corrected chi connectivity index (χ4v) is 4.57. The van der Waals surface area contributed by atoms with E-state index in [1.165, 1.54) is 0 Å². The van der Waals surface area contributed by atoms with Gasteiger partial charge in [0.05, 0.1) is 16.8 Å². The zero-order valence-corrected chi connectivity index (χ0v) is 17.3. The molecule has 0 spiro atoms. The van der Waals surface area contributed by atoms with Crippen molar-refractivity contribution >= 4 is 17.3 Å². The van der Waals surface area contributed by atoms with Gasteiger partial charge in [-0.2, -0.15) is 0 Å². The van der Waals surface area contributed by atoms with Crippen LogP contribution in [-0.2, 0) is 17.6 Å². The summed E-state index contributed by atoms with van der Waals surface area (Å²) < 4.78 is 5.49. The molecule has 1 aromatic carbocycles. The van der Waals surface area contributed by atoms with Gasteiger partial charge >= 0.3 is 0 Å². The minimum Gasteiger partial charge on any atom is -0.511 e. The Morgan fingerprint density at radius 2 is 1.90 bits per heavy atom. The summed E-state index contributed by atoms with van der Waals surface area (Å²) in [6, 6.07) is 9.91. The van der Waals surface area contributed by atoms with Gasteiger partial charge in [-0.1, -0.05) is 49.3 Å². The number of nitrogens with one attached hydrogen (secondary N) is 1. The summed E-state index contributed by atoms with van der Waals surface area (Å²) in [4.78, 5) is 25.2. The van der Waals surface area contributed by atoms with Gasteiger partial charge in [0.1, 0.15) is 11.5 Å². The number of rotatable bonds is 5. The van der Waals surface area contributed by atoms with Crippen LogP contribution in [0.15, 0.2) is 46.2 Å². The van der Waals surface area contributed by atoms with Gasteiger partial charge in [0.15, 0.2) is 11.6 Å². The van der Waals surface area contributed by atoms with Crippen molar-refractivity contribution in [2.45, 2.75) is 58.3 Å². The average Bonchev–Trinajstić information content (AvgIpc) is 3.09. The summed E-state index contributed by atoms with van der Waals surface area (Å²) in [6.45, 7) is 3.86. The number of hydrogen-bond acceptors (Lipinski definition) is 6. The highest BCUT2D eigenvalue weighted by molar-refractivity contribution is 6.22. The molecule has 2 aliphatic carbocycles. The molecule has 156 valence electrons. The van der Waals surface area contributed by atoms with Gasteiger partial charge in [-0.15, -0.1) is 0 Å². The molecule has 1 heterocycles. The van der Waals surface area contributed by atoms with Crippen molar-refractivity contribution in [3.63, 3.8) is 0 Å². The minimum absolute atomic E-state index is 0.00504. The first-order chi connectivity index (χ1) is 14.2. The number of carbonyl (C=O) groups is 2. The second kappa shape index (κ2) is 7.67. The molecule has 0 saturated heterocycles. The highest BCUT2D eigenvalue weighted by atomic mass is 16.5. The van der Waals surface area contributed by atoms with E-state index in [0.29, 0.717) is 49.1 Å². The Kier molecular flexibility index (Phi) is 5.18. The van der Waals surface area contributed by atoms with E-state index in [1.54, 1.807) is 0 Å². The quantitative estimate of drug-likeness (QED) is 0.698. The molecule has 0 saturated carbocycles. The van der Waals surface area contributed by atoms with E-state index in [9.17, 15) is 14.7 Å². The van der Waals surface area contributed by atoms with Crippen LogP contribution in [0.25, 0.3) is 0 Å². The summed E-state index contributed by atoms with van der Waals surface area (Å²) in [7, 11) is 0. The van der Waals surface area contributed by atoms with Gasteiger partial charge in [0.25, 0.3) is 0 Å².